The van der Waals surface area contributed by atoms with Gasteiger partial charge in [-0.15, -0.1) is 0 Å². The molecule has 0 unspecified atom stereocenters. The topological polar surface area (TPSA) is 59.8 Å². The van der Waals surface area contributed by atoms with Gasteiger partial charge in [0.15, 0.2) is 0 Å². The van der Waals surface area contributed by atoms with Crippen molar-refractivity contribution in [2.45, 2.75) is 25.7 Å². The van der Waals surface area contributed by atoms with Gasteiger partial charge in [0, 0.05) is 14.2 Å². The Hall–Kier alpha value is -0.0701. The summed E-state index contributed by atoms with van der Waals surface area (Å²) in [6.45, 7) is 3.74. The Morgan fingerprint density at radius 1 is 1.06 bits per heavy atom. The van der Waals surface area contributed by atoms with Crippen LogP contribution in [0.1, 0.15) is 25.7 Å². The SMILES string of the molecule is CO[B]NCCCCN([B]OC)CCCCN. The molecular formula is C10H25B2N3O2. The molecular weight excluding hydrogens is 216 g/mol. The van der Waals surface area contributed by atoms with Crippen LogP contribution in [0.15, 0.2) is 0 Å². The van der Waals surface area contributed by atoms with Crippen molar-refractivity contribution in [2.24, 2.45) is 5.73 Å². The molecule has 17 heavy (non-hydrogen) atoms. The first-order valence-corrected chi connectivity index (χ1v) is 6.23. The third-order valence-electron chi connectivity index (χ3n) is 2.37. The minimum Gasteiger partial charge on any atom is -0.427 e. The van der Waals surface area contributed by atoms with Crippen LogP contribution in [0.4, 0.5) is 0 Å². The average molecular weight is 241 g/mol. The Bertz CT molecular complexity index is 156. The van der Waals surface area contributed by atoms with E-state index in [1.807, 2.05) is 0 Å². The predicted octanol–water partition coefficient (Wildman–Crippen LogP) is -0.242. The Balaban J connectivity index is 3.41. The number of rotatable bonds is 13. The second-order valence-electron chi connectivity index (χ2n) is 3.89. The second-order valence-corrected chi connectivity index (χ2v) is 3.89. The van der Waals surface area contributed by atoms with Crippen molar-refractivity contribution in [3.05, 3.63) is 0 Å². The van der Waals surface area contributed by atoms with Crippen molar-refractivity contribution in [2.75, 3.05) is 40.4 Å². The first-order chi connectivity index (χ1) is 8.35. The molecule has 0 heterocycles. The molecule has 7 heteroatoms. The average Bonchev–Trinajstić information content (AvgIpc) is 2.34. The van der Waals surface area contributed by atoms with Crippen LogP contribution in [-0.2, 0) is 9.31 Å². The molecule has 2 radical (unpaired) electrons. The molecule has 0 saturated heterocycles. The summed E-state index contributed by atoms with van der Waals surface area (Å²) in [5.41, 5.74) is 5.47. The largest absolute Gasteiger partial charge is 0.427 e. The van der Waals surface area contributed by atoms with Gasteiger partial charge in [-0.1, -0.05) is 0 Å². The van der Waals surface area contributed by atoms with Crippen molar-refractivity contribution in [3.63, 3.8) is 0 Å². The molecule has 98 valence electrons. The number of hydrogen-bond donors (Lipinski definition) is 2. The highest BCUT2D eigenvalue weighted by Gasteiger charge is 2.06. The van der Waals surface area contributed by atoms with Gasteiger partial charge in [-0.25, -0.2) is 0 Å². The predicted molar refractivity (Wildman–Crippen MR) is 72.6 cm³/mol. The van der Waals surface area contributed by atoms with Gasteiger partial charge in [-0.3, -0.25) is 0 Å². The van der Waals surface area contributed by atoms with Crippen molar-refractivity contribution in [1.29, 1.82) is 0 Å². The molecule has 0 aromatic rings. The molecule has 0 aromatic heterocycles. The third kappa shape index (κ3) is 12.2. The Labute approximate surface area is 107 Å². The quantitative estimate of drug-likeness (QED) is 0.344. The monoisotopic (exact) mass is 241 g/mol. The summed E-state index contributed by atoms with van der Waals surface area (Å²) in [5, 5.41) is 3.07. The van der Waals surface area contributed by atoms with E-state index in [2.05, 4.69) is 10.0 Å². The van der Waals surface area contributed by atoms with Gasteiger partial charge in [-0.05, 0) is 51.9 Å². The van der Waals surface area contributed by atoms with E-state index in [1.165, 1.54) is 0 Å². The van der Waals surface area contributed by atoms with Gasteiger partial charge in [0.2, 0.25) is 0 Å². The van der Waals surface area contributed by atoms with E-state index in [4.69, 9.17) is 15.0 Å². The molecule has 0 aliphatic carbocycles. The molecule has 0 fully saturated rings. The summed E-state index contributed by atoms with van der Waals surface area (Å²) in [4.78, 5) is 2.20. The molecule has 0 spiro atoms. The second kappa shape index (κ2) is 14.0. The highest BCUT2D eigenvalue weighted by Crippen LogP contribution is 1.97. The van der Waals surface area contributed by atoms with Crippen LogP contribution in [-0.4, -0.2) is 60.4 Å². The van der Waals surface area contributed by atoms with Crippen LogP contribution in [0.25, 0.3) is 0 Å². The normalized spacial score (nSPS) is 10.8. The van der Waals surface area contributed by atoms with Crippen LogP contribution in [0.5, 0.6) is 0 Å². The van der Waals surface area contributed by atoms with E-state index in [9.17, 15) is 0 Å². The molecule has 0 bridgehead atoms. The molecule has 0 aliphatic heterocycles. The van der Waals surface area contributed by atoms with Gasteiger partial charge < -0.3 is 25.1 Å². The maximum Gasteiger partial charge on any atom is 0.398 e. The van der Waals surface area contributed by atoms with Gasteiger partial charge >= 0.3 is 15.2 Å². The van der Waals surface area contributed by atoms with Crippen molar-refractivity contribution >= 4 is 15.2 Å². The lowest BCUT2D eigenvalue weighted by molar-refractivity contribution is 0.327. The highest BCUT2D eigenvalue weighted by molar-refractivity contribution is 6.23. The molecule has 0 aromatic carbocycles. The van der Waals surface area contributed by atoms with Crippen molar-refractivity contribution in [3.8, 4) is 0 Å². The van der Waals surface area contributed by atoms with Crippen LogP contribution in [0.3, 0.4) is 0 Å². The lowest BCUT2D eigenvalue weighted by atomic mass is 10.1. The number of nitrogens with zero attached hydrogens (tertiary/aromatic N) is 1. The summed E-state index contributed by atoms with van der Waals surface area (Å²) in [7, 11) is 6.73. The maximum absolute atomic E-state index is 5.47. The van der Waals surface area contributed by atoms with Crippen molar-refractivity contribution in [1.82, 2.24) is 10.0 Å². The maximum atomic E-state index is 5.47. The Kier molecular flexibility index (Phi) is 13.9. The number of nitrogens with one attached hydrogen (secondary N) is 1. The van der Waals surface area contributed by atoms with E-state index in [1.54, 1.807) is 29.5 Å². The number of hydrogen-bond acceptors (Lipinski definition) is 5. The van der Waals surface area contributed by atoms with Gasteiger partial charge in [0.1, 0.15) is 0 Å². The minimum absolute atomic E-state index is 0.762. The standard InChI is InChI=1S/C10H25B2N3O2/c1-16-11-14-8-4-6-10-15(12-17-2)9-5-3-7-13/h14H,3-10,13H2,1-2H3. The zero-order valence-corrected chi connectivity index (χ0v) is 11.2. The third-order valence-corrected chi connectivity index (χ3v) is 2.37. The van der Waals surface area contributed by atoms with Crippen LogP contribution in [0, 0.1) is 0 Å². The summed E-state index contributed by atoms with van der Waals surface area (Å²) in [6.07, 6.45) is 4.43. The van der Waals surface area contributed by atoms with E-state index in [0.717, 1.165) is 51.9 Å². The van der Waals surface area contributed by atoms with Gasteiger partial charge in [0.25, 0.3) is 0 Å². The molecule has 0 rings (SSSR count). The summed E-state index contributed by atoms with van der Waals surface area (Å²) in [6, 6.07) is 0. The fourth-order valence-electron chi connectivity index (χ4n) is 1.51. The summed E-state index contributed by atoms with van der Waals surface area (Å²) >= 11 is 0. The molecule has 0 aliphatic rings. The zero-order chi connectivity index (χ0) is 12.8. The van der Waals surface area contributed by atoms with E-state index in [-0.39, 0.29) is 0 Å². The number of nitrogens with two attached hydrogens (primary N) is 1. The smallest absolute Gasteiger partial charge is 0.398 e. The van der Waals surface area contributed by atoms with Gasteiger partial charge in [0.05, 0.1) is 0 Å². The molecule has 3 N–H and O–H groups in total. The first kappa shape index (κ1) is 16.9. The lowest BCUT2D eigenvalue weighted by Crippen LogP contribution is -2.32. The summed E-state index contributed by atoms with van der Waals surface area (Å²) < 4.78 is 9.85. The fourth-order valence-corrected chi connectivity index (χ4v) is 1.51. The van der Waals surface area contributed by atoms with E-state index >= 15 is 0 Å². The van der Waals surface area contributed by atoms with Crippen LogP contribution < -0.4 is 11.0 Å². The van der Waals surface area contributed by atoms with Crippen LogP contribution in [0.2, 0.25) is 0 Å². The van der Waals surface area contributed by atoms with Crippen LogP contribution >= 0.6 is 0 Å². The number of unbranched alkanes of at least 4 members (excludes halogenated alkanes) is 2. The van der Waals surface area contributed by atoms with E-state index in [0.29, 0.717) is 0 Å². The zero-order valence-electron chi connectivity index (χ0n) is 11.2. The molecule has 0 amide bonds. The Morgan fingerprint density at radius 2 is 1.76 bits per heavy atom. The molecule has 5 nitrogen and oxygen atoms in total. The fraction of sp³-hybridized carbons (Fsp3) is 1.00. The Morgan fingerprint density at radius 3 is 2.35 bits per heavy atom. The van der Waals surface area contributed by atoms with E-state index < -0.39 is 0 Å². The van der Waals surface area contributed by atoms with Crippen molar-refractivity contribution < 1.29 is 9.31 Å². The summed E-state index contributed by atoms with van der Waals surface area (Å²) in [5.74, 6) is 0. The molecule has 0 atom stereocenters. The highest BCUT2D eigenvalue weighted by atomic mass is 16.4. The lowest BCUT2D eigenvalue weighted by Gasteiger charge is -2.19. The minimum atomic E-state index is 0.762. The van der Waals surface area contributed by atoms with Gasteiger partial charge in [-0.2, -0.15) is 0 Å². The molecule has 0 saturated carbocycles. The first-order valence-electron chi connectivity index (χ1n) is 6.23.